The van der Waals surface area contributed by atoms with E-state index in [0.717, 1.165) is 17.0 Å². The van der Waals surface area contributed by atoms with Crippen molar-refractivity contribution in [3.63, 3.8) is 0 Å². The van der Waals surface area contributed by atoms with Gasteiger partial charge in [0.05, 0.1) is 6.61 Å². The number of hydrogen-bond donors (Lipinski definition) is 0. The van der Waals surface area contributed by atoms with Crippen molar-refractivity contribution < 1.29 is 9.53 Å². The third-order valence-corrected chi connectivity index (χ3v) is 3.55. The topological polar surface area (TPSA) is 55.0 Å². The first-order valence-corrected chi connectivity index (χ1v) is 7.08. The Morgan fingerprint density at radius 3 is 2.59 bits per heavy atom. The van der Waals surface area contributed by atoms with Crippen molar-refractivity contribution in [1.82, 2.24) is 4.57 Å². The number of carbonyl (C=O) groups excluding carboxylic acids is 1. The van der Waals surface area contributed by atoms with Crippen LogP contribution in [-0.4, -0.2) is 17.0 Å². The molecule has 0 atom stereocenters. The van der Waals surface area contributed by atoms with Gasteiger partial charge in [0.15, 0.2) is 5.78 Å². The number of aromatic nitrogens is 1. The molecule has 0 radical (unpaired) electrons. The summed E-state index contributed by atoms with van der Waals surface area (Å²) in [6, 6.07) is 11.0. The molecule has 0 aliphatic carbocycles. The molecular formula is C18H18N2O2. The summed E-state index contributed by atoms with van der Waals surface area (Å²) >= 11 is 0. The Morgan fingerprint density at radius 1 is 1.36 bits per heavy atom. The normalized spacial score (nSPS) is 10.6. The molecular weight excluding hydrogens is 276 g/mol. The molecule has 2 aromatic rings. The average molecular weight is 294 g/mol. The maximum atomic E-state index is 12.2. The first-order valence-electron chi connectivity index (χ1n) is 7.08. The summed E-state index contributed by atoms with van der Waals surface area (Å²) in [4.78, 5) is 12.2. The molecule has 0 aliphatic heterocycles. The van der Waals surface area contributed by atoms with Gasteiger partial charge in [0.25, 0.3) is 0 Å². The number of nitriles is 1. The van der Waals surface area contributed by atoms with Gasteiger partial charge in [-0.1, -0.05) is 0 Å². The standard InChI is InChI=1S/C18H18N2O2/c1-4-22-17-8-5-14(6-9-17)18(21)10-7-15-11-16(12-19)20(3)13(15)2/h5-11H,4H2,1-3H3/b10-7+. The molecule has 0 bridgehead atoms. The van der Waals surface area contributed by atoms with Gasteiger partial charge in [-0.25, -0.2) is 0 Å². The van der Waals surface area contributed by atoms with Crippen LogP contribution >= 0.6 is 0 Å². The summed E-state index contributed by atoms with van der Waals surface area (Å²) in [5, 5.41) is 9.01. The third-order valence-electron chi connectivity index (χ3n) is 3.55. The van der Waals surface area contributed by atoms with E-state index < -0.39 is 0 Å². The van der Waals surface area contributed by atoms with Crippen LogP contribution in [0.25, 0.3) is 6.08 Å². The largest absolute Gasteiger partial charge is 0.494 e. The Kier molecular flexibility index (Phi) is 4.80. The lowest BCUT2D eigenvalue weighted by molar-refractivity contribution is 0.104. The molecule has 0 fully saturated rings. The minimum atomic E-state index is -0.0789. The first-order chi connectivity index (χ1) is 10.6. The highest BCUT2D eigenvalue weighted by Gasteiger charge is 2.07. The number of ketones is 1. The summed E-state index contributed by atoms with van der Waals surface area (Å²) in [6.07, 6.45) is 3.27. The van der Waals surface area contributed by atoms with Crippen LogP contribution in [0.5, 0.6) is 5.75 Å². The molecule has 0 saturated carbocycles. The van der Waals surface area contributed by atoms with E-state index in [0.29, 0.717) is 17.9 Å². The molecule has 4 nitrogen and oxygen atoms in total. The summed E-state index contributed by atoms with van der Waals surface area (Å²) < 4.78 is 7.16. The van der Waals surface area contributed by atoms with Gasteiger partial charge in [-0.2, -0.15) is 5.26 Å². The lowest BCUT2D eigenvalue weighted by Gasteiger charge is -2.02. The summed E-state index contributed by atoms with van der Waals surface area (Å²) in [5.41, 5.74) is 3.00. The van der Waals surface area contributed by atoms with Crippen LogP contribution < -0.4 is 4.74 Å². The van der Waals surface area contributed by atoms with Gasteiger partial charge in [-0.15, -0.1) is 0 Å². The number of nitrogens with zero attached hydrogens (tertiary/aromatic N) is 2. The zero-order chi connectivity index (χ0) is 16.1. The lowest BCUT2D eigenvalue weighted by Crippen LogP contribution is -1.96. The minimum absolute atomic E-state index is 0.0789. The molecule has 0 aliphatic rings. The van der Waals surface area contributed by atoms with Crippen LogP contribution in [0.4, 0.5) is 0 Å². The molecule has 0 unspecified atom stereocenters. The number of allylic oxidation sites excluding steroid dienone is 1. The van der Waals surface area contributed by atoms with Crippen LogP contribution in [0, 0.1) is 18.3 Å². The Balaban J connectivity index is 2.16. The molecule has 1 aromatic heterocycles. The number of hydrogen-bond acceptors (Lipinski definition) is 3. The highest BCUT2D eigenvalue weighted by molar-refractivity contribution is 6.06. The zero-order valence-electron chi connectivity index (χ0n) is 13.0. The van der Waals surface area contributed by atoms with Crippen molar-refractivity contribution >= 4 is 11.9 Å². The van der Waals surface area contributed by atoms with E-state index in [1.165, 1.54) is 6.08 Å². The second-order valence-corrected chi connectivity index (χ2v) is 4.90. The van der Waals surface area contributed by atoms with Gasteiger partial charge in [-0.3, -0.25) is 4.79 Å². The number of benzene rings is 1. The molecule has 1 heterocycles. The van der Waals surface area contributed by atoms with Crippen LogP contribution in [0.3, 0.4) is 0 Å². The predicted molar refractivity (Wildman–Crippen MR) is 85.8 cm³/mol. The fourth-order valence-corrected chi connectivity index (χ4v) is 2.14. The van der Waals surface area contributed by atoms with Crippen molar-refractivity contribution in [1.29, 1.82) is 5.26 Å². The SMILES string of the molecule is CCOc1ccc(C(=O)/C=C/c2cc(C#N)n(C)c2C)cc1. The van der Waals surface area contributed by atoms with Crippen molar-refractivity contribution in [2.75, 3.05) is 6.61 Å². The van der Waals surface area contributed by atoms with Gasteiger partial charge in [-0.05, 0) is 61.9 Å². The number of carbonyl (C=O) groups is 1. The maximum Gasteiger partial charge on any atom is 0.185 e. The van der Waals surface area contributed by atoms with E-state index in [4.69, 9.17) is 10.00 Å². The molecule has 0 N–H and O–H groups in total. The second kappa shape index (κ2) is 6.77. The summed E-state index contributed by atoms with van der Waals surface area (Å²) in [6.45, 7) is 4.43. The monoisotopic (exact) mass is 294 g/mol. The number of rotatable bonds is 5. The fourth-order valence-electron chi connectivity index (χ4n) is 2.14. The maximum absolute atomic E-state index is 12.2. The molecule has 0 saturated heterocycles. The average Bonchev–Trinajstić information content (AvgIpc) is 2.81. The minimum Gasteiger partial charge on any atom is -0.494 e. The van der Waals surface area contributed by atoms with Crippen LogP contribution in [0.2, 0.25) is 0 Å². The van der Waals surface area contributed by atoms with Crippen molar-refractivity contribution in [2.45, 2.75) is 13.8 Å². The third kappa shape index (κ3) is 3.26. The molecule has 112 valence electrons. The lowest BCUT2D eigenvalue weighted by atomic mass is 10.1. The highest BCUT2D eigenvalue weighted by atomic mass is 16.5. The van der Waals surface area contributed by atoms with Crippen molar-refractivity contribution in [3.8, 4) is 11.8 Å². The predicted octanol–water partition coefficient (Wildman–Crippen LogP) is 3.50. The quantitative estimate of drug-likeness (QED) is 0.626. The van der Waals surface area contributed by atoms with Gasteiger partial charge >= 0.3 is 0 Å². The van der Waals surface area contributed by atoms with E-state index in [2.05, 4.69) is 6.07 Å². The smallest absolute Gasteiger partial charge is 0.185 e. The first kappa shape index (κ1) is 15.6. The highest BCUT2D eigenvalue weighted by Crippen LogP contribution is 2.16. The molecule has 0 amide bonds. The number of ether oxygens (including phenoxy) is 1. The second-order valence-electron chi connectivity index (χ2n) is 4.90. The van der Waals surface area contributed by atoms with E-state index in [-0.39, 0.29) is 5.78 Å². The molecule has 22 heavy (non-hydrogen) atoms. The van der Waals surface area contributed by atoms with Crippen molar-refractivity contribution in [3.05, 3.63) is 58.9 Å². The molecule has 2 rings (SSSR count). The van der Waals surface area contributed by atoms with Crippen LogP contribution in [0.1, 0.15) is 34.2 Å². The van der Waals surface area contributed by atoms with Gasteiger partial charge < -0.3 is 9.30 Å². The van der Waals surface area contributed by atoms with E-state index in [1.54, 1.807) is 41.0 Å². The molecule has 0 spiro atoms. The van der Waals surface area contributed by atoms with E-state index >= 15 is 0 Å². The zero-order valence-corrected chi connectivity index (χ0v) is 13.0. The molecule has 4 heteroatoms. The Morgan fingerprint density at radius 2 is 2.05 bits per heavy atom. The van der Waals surface area contributed by atoms with Crippen LogP contribution in [0.15, 0.2) is 36.4 Å². The van der Waals surface area contributed by atoms with Gasteiger partial charge in [0, 0.05) is 18.3 Å². The Labute approximate surface area is 130 Å². The van der Waals surface area contributed by atoms with E-state index in [1.807, 2.05) is 20.9 Å². The fraction of sp³-hybridized carbons (Fsp3) is 0.222. The van der Waals surface area contributed by atoms with Crippen LogP contribution in [-0.2, 0) is 7.05 Å². The van der Waals surface area contributed by atoms with Gasteiger partial charge in [0.2, 0.25) is 0 Å². The van der Waals surface area contributed by atoms with Crippen molar-refractivity contribution in [2.24, 2.45) is 7.05 Å². The molecule has 1 aromatic carbocycles. The Hall–Kier alpha value is -2.80. The van der Waals surface area contributed by atoms with Gasteiger partial charge in [0.1, 0.15) is 17.5 Å². The van der Waals surface area contributed by atoms with E-state index in [9.17, 15) is 4.79 Å². The summed E-state index contributed by atoms with van der Waals surface area (Å²) in [5.74, 6) is 0.672. The summed E-state index contributed by atoms with van der Waals surface area (Å²) in [7, 11) is 1.83. The Bertz CT molecular complexity index is 747.